The van der Waals surface area contributed by atoms with Crippen LogP contribution in [0.3, 0.4) is 0 Å². The lowest BCUT2D eigenvalue weighted by Crippen LogP contribution is -2.08. The number of rotatable bonds is 3. The van der Waals surface area contributed by atoms with Gasteiger partial charge in [0.2, 0.25) is 0 Å². The van der Waals surface area contributed by atoms with Crippen molar-refractivity contribution in [2.45, 2.75) is 13.0 Å². The van der Waals surface area contributed by atoms with E-state index >= 15 is 0 Å². The van der Waals surface area contributed by atoms with Crippen LogP contribution in [0, 0.1) is 0 Å². The highest BCUT2D eigenvalue weighted by atomic mass is 32.1. The molecule has 1 heterocycles. The summed E-state index contributed by atoms with van der Waals surface area (Å²) in [5.74, 6) is -0.262. The lowest BCUT2D eigenvalue weighted by molar-refractivity contribution is -0.144. The second-order valence-corrected chi connectivity index (χ2v) is 4.39. The van der Waals surface area contributed by atoms with Crippen LogP contribution in [-0.2, 0) is 9.53 Å². The highest BCUT2D eigenvalue weighted by Crippen LogP contribution is 2.29. The SMILES string of the molecule is CC(=O)O[C@@H](c1ccccc1)c1cccs1. The molecule has 1 aromatic carbocycles. The van der Waals surface area contributed by atoms with Gasteiger partial charge >= 0.3 is 5.97 Å². The van der Waals surface area contributed by atoms with Crippen LogP contribution in [0.4, 0.5) is 0 Å². The zero-order chi connectivity index (χ0) is 11.4. The summed E-state index contributed by atoms with van der Waals surface area (Å²) in [4.78, 5) is 12.1. The first-order valence-electron chi connectivity index (χ1n) is 5.03. The number of carbonyl (C=O) groups excluding carboxylic acids is 1. The third kappa shape index (κ3) is 2.49. The molecule has 16 heavy (non-hydrogen) atoms. The smallest absolute Gasteiger partial charge is 0.303 e. The maximum Gasteiger partial charge on any atom is 0.303 e. The van der Waals surface area contributed by atoms with Gasteiger partial charge in [0.1, 0.15) is 0 Å². The normalized spacial score (nSPS) is 12.1. The molecule has 0 amide bonds. The monoisotopic (exact) mass is 232 g/mol. The average molecular weight is 232 g/mol. The van der Waals surface area contributed by atoms with Gasteiger partial charge in [-0.25, -0.2) is 0 Å². The van der Waals surface area contributed by atoms with Crippen molar-refractivity contribution in [2.75, 3.05) is 0 Å². The van der Waals surface area contributed by atoms with Crippen LogP contribution in [0.25, 0.3) is 0 Å². The maximum atomic E-state index is 11.1. The molecule has 0 aliphatic heterocycles. The molecule has 82 valence electrons. The molecule has 1 aromatic heterocycles. The maximum absolute atomic E-state index is 11.1. The molecular formula is C13H12O2S. The van der Waals surface area contributed by atoms with E-state index in [0.29, 0.717) is 0 Å². The summed E-state index contributed by atoms with van der Waals surface area (Å²) in [7, 11) is 0. The Hall–Kier alpha value is -1.61. The van der Waals surface area contributed by atoms with Crippen LogP contribution in [0.1, 0.15) is 23.5 Å². The summed E-state index contributed by atoms with van der Waals surface area (Å²) in [6, 6.07) is 13.7. The minimum atomic E-state index is -0.279. The first-order chi connectivity index (χ1) is 7.77. The number of hydrogen-bond donors (Lipinski definition) is 0. The van der Waals surface area contributed by atoms with Gasteiger partial charge in [-0.1, -0.05) is 36.4 Å². The number of hydrogen-bond acceptors (Lipinski definition) is 3. The fraction of sp³-hybridized carbons (Fsp3) is 0.154. The fourth-order valence-corrected chi connectivity index (χ4v) is 2.30. The predicted octanol–water partition coefficient (Wildman–Crippen LogP) is 3.40. The Bertz CT molecular complexity index is 448. The van der Waals surface area contributed by atoms with Gasteiger partial charge in [-0.15, -0.1) is 11.3 Å². The summed E-state index contributed by atoms with van der Waals surface area (Å²) >= 11 is 1.59. The van der Waals surface area contributed by atoms with E-state index in [1.807, 2.05) is 47.8 Å². The van der Waals surface area contributed by atoms with Crippen molar-refractivity contribution < 1.29 is 9.53 Å². The first kappa shape index (κ1) is 10.9. The van der Waals surface area contributed by atoms with E-state index in [-0.39, 0.29) is 12.1 Å². The Balaban J connectivity index is 2.32. The number of thiophene rings is 1. The van der Waals surface area contributed by atoms with Crippen LogP contribution in [0.15, 0.2) is 47.8 Å². The Labute approximate surface area is 98.5 Å². The van der Waals surface area contributed by atoms with Crippen LogP contribution in [0.2, 0.25) is 0 Å². The lowest BCUT2D eigenvalue weighted by Gasteiger charge is -2.15. The molecule has 0 saturated heterocycles. The summed E-state index contributed by atoms with van der Waals surface area (Å²) in [5, 5.41) is 1.98. The Morgan fingerprint density at radius 1 is 1.19 bits per heavy atom. The minimum Gasteiger partial charge on any atom is -0.452 e. The third-order valence-corrected chi connectivity index (χ3v) is 3.10. The topological polar surface area (TPSA) is 26.3 Å². The number of ether oxygens (including phenoxy) is 1. The molecule has 2 nitrogen and oxygen atoms in total. The number of esters is 1. The molecule has 0 saturated carbocycles. The van der Waals surface area contributed by atoms with Crippen molar-refractivity contribution >= 4 is 17.3 Å². The fourth-order valence-electron chi connectivity index (χ4n) is 1.52. The van der Waals surface area contributed by atoms with Gasteiger partial charge in [0.05, 0.1) is 0 Å². The molecular weight excluding hydrogens is 220 g/mol. The molecule has 0 fully saturated rings. The Morgan fingerprint density at radius 2 is 1.94 bits per heavy atom. The van der Waals surface area contributed by atoms with Gasteiger partial charge in [-0.2, -0.15) is 0 Å². The van der Waals surface area contributed by atoms with Gasteiger partial charge in [0, 0.05) is 11.8 Å². The largest absolute Gasteiger partial charge is 0.452 e. The first-order valence-corrected chi connectivity index (χ1v) is 5.91. The summed E-state index contributed by atoms with van der Waals surface area (Å²) in [6.45, 7) is 1.43. The summed E-state index contributed by atoms with van der Waals surface area (Å²) in [6.07, 6.45) is -0.279. The van der Waals surface area contributed by atoms with Crippen molar-refractivity contribution in [1.29, 1.82) is 0 Å². The van der Waals surface area contributed by atoms with Crippen molar-refractivity contribution in [3.63, 3.8) is 0 Å². The highest BCUT2D eigenvalue weighted by Gasteiger charge is 2.17. The van der Waals surface area contributed by atoms with Crippen molar-refractivity contribution in [1.82, 2.24) is 0 Å². The summed E-state index contributed by atoms with van der Waals surface area (Å²) in [5.41, 5.74) is 1.00. The highest BCUT2D eigenvalue weighted by molar-refractivity contribution is 7.10. The molecule has 0 radical (unpaired) electrons. The molecule has 0 bridgehead atoms. The van der Waals surface area contributed by atoms with E-state index in [0.717, 1.165) is 10.4 Å². The van der Waals surface area contributed by atoms with Crippen molar-refractivity contribution in [3.05, 3.63) is 58.3 Å². The Morgan fingerprint density at radius 3 is 2.50 bits per heavy atom. The van der Waals surface area contributed by atoms with Gasteiger partial charge in [-0.05, 0) is 17.0 Å². The second-order valence-electron chi connectivity index (χ2n) is 3.42. The van der Waals surface area contributed by atoms with Crippen molar-refractivity contribution in [3.8, 4) is 0 Å². The van der Waals surface area contributed by atoms with Gasteiger partial charge in [-0.3, -0.25) is 4.79 Å². The molecule has 2 aromatic rings. The van der Waals surface area contributed by atoms with Gasteiger partial charge in [0.25, 0.3) is 0 Å². The molecule has 3 heteroatoms. The van der Waals surface area contributed by atoms with E-state index in [1.165, 1.54) is 6.92 Å². The molecule has 2 rings (SSSR count). The van der Waals surface area contributed by atoms with E-state index < -0.39 is 0 Å². The average Bonchev–Trinajstić information content (AvgIpc) is 2.80. The third-order valence-electron chi connectivity index (χ3n) is 2.19. The van der Waals surface area contributed by atoms with Crippen LogP contribution < -0.4 is 0 Å². The van der Waals surface area contributed by atoms with Gasteiger partial charge in [0.15, 0.2) is 6.10 Å². The summed E-state index contributed by atoms with van der Waals surface area (Å²) < 4.78 is 5.35. The van der Waals surface area contributed by atoms with E-state index in [4.69, 9.17) is 4.74 Å². The molecule has 0 spiro atoms. The molecule has 0 unspecified atom stereocenters. The van der Waals surface area contributed by atoms with Crippen LogP contribution in [-0.4, -0.2) is 5.97 Å². The number of carbonyl (C=O) groups is 1. The van der Waals surface area contributed by atoms with E-state index in [9.17, 15) is 4.79 Å². The van der Waals surface area contributed by atoms with Gasteiger partial charge < -0.3 is 4.74 Å². The van der Waals surface area contributed by atoms with Crippen molar-refractivity contribution in [2.24, 2.45) is 0 Å². The second kappa shape index (κ2) is 4.94. The molecule has 0 N–H and O–H groups in total. The predicted molar refractivity (Wildman–Crippen MR) is 64.4 cm³/mol. The van der Waals surface area contributed by atoms with Crippen LogP contribution >= 0.6 is 11.3 Å². The Kier molecular flexibility index (Phi) is 3.37. The quantitative estimate of drug-likeness (QED) is 0.758. The zero-order valence-corrected chi connectivity index (χ0v) is 9.74. The molecule has 1 atom stereocenters. The molecule has 0 aliphatic rings. The van der Waals surface area contributed by atoms with E-state index in [1.54, 1.807) is 11.3 Å². The number of benzene rings is 1. The minimum absolute atomic E-state index is 0.262. The lowest BCUT2D eigenvalue weighted by atomic mass is 10.1. The van der Waals surface area contributed by atoms with E-state index in [2.05, 4.69) is 0 Å². The standard InChI is InChI=1S/C13H12O2S/c1-10(14)15-13(12-8-5-9-16-12)11-6-3-2-4-7-11/h2-9,13H,1H3/t13-/m0/s1. The van der Waals surface area contributed by atoms with Crippen LogP contribution in [0.5, 0.6) is 0 Å². The zero-order valence-electron chi connectivity index (χ0n) is 8.92. The molecule has 0 aliphatic carbocycles.